The third kappa shape index (κ3) is 9.66. The number of benzene rings is 2. The Bertz CT molecular complexity index is 2280. The molecule has 56 heavy (non-hydrogen) atoms. The molecule has 17 heteroatoms. The number of aryl methyl sites for hydroxylation is 1. The van der Waals surface area contributed by atoms with Crippen LogP contribution in [0, 0.1) is 5.82 Å². The molecule has 1 saturated heterocycles. The molecule has 0 saturated carbocycles. The van der Waals surface area contributed by atoms with E-state index in [1.807, 2.05) is 19.2 Å². The SMILES string of the molecule is CCc1cnn(-c2cnc(C(=O)NCCOCCNCC(=O)N3CCN(C(=O)c4cc(Cc5n[nH]c(=O)c6ccccc56)ccc4F)CC3)c(NC(C)=O)c2)c1. The minimum Gasteiger partial charge on any atom is -0.378 e. The predicted octanol–water partition coefficient (Wildman–Crippen LogP) is 2.08. The van der Waals surface area contributed by atoms with Crippen molar-refractivity contribution >= 4 is 40.1 Å². The van der Waals surface area contributed by atoms with Gasteiger partial charge in [0.25, 0.3) is 17.4 Å². The molecule has 6 rings (SSSR count). The van der Waals surface area contributed by atoms with Gasteiger partial charge in [-0.3, -0.25) is 24.0 Å². The fraction of sp³-hybridized carbons (Fsp3) is 0.333. The summed E-state index contributed by atoms with van der Waals surface area (Å²) < 4.78 is 22.1. The maximum absolute atomic E-state index is 14.9. The Morgan fingerprint density at radius 2 is 1.68 bits per heavy atom. The average Bonchev–Trinajstić information content (AvgIpc) is 3.70. The van der Waals surface area contributed by atoms with Gasteiger partial charge in [0.2, 0.25) is 11.8 Å². The van der Waals surface area contributed by atoms with Crippen LogP contribution in [-0.4, -0.2) is 117 Å². The number of carbonyl (C=O) groups is 4. The van der Waals surface area contributed by atoms with Crippen LogP contribution in [0.15, 0.2) is 71.9 Å². The third-order valence-corrected chi connectivity index (χ3v) is 9.27. The molecule has 3 aromatic heterocycles. The Hall–Kier alpha value is -6.33. The van der Waals surface area contributed by atoms with Crippen molar-refractivity contribution in [1.29, 1.82) is 0 Å². The summed E-state index contributed by atoms with van der Waals surface area (Å²) in [6, 6.07) is 13.1. The zero-order valence-corrected chi connectivity index (χ0v) is 31.1. The molecule has 1 fully saturated rings. The molecule has 0 aliphatic carbocycles. The van der Waals surface area contributed by atoms with Crippen LogP contribution in [0.3, 0.4) is 0 Å². The number of nitrogens with zero attached hydrogens (tertiary/aromatic N) is 6. The molecule has 16 nitrogen and oxygen atoms in total. The summed E-state index contributed by atoms with van der Waals surface area (Å²) in [4.78, 5) is 70.5. The first kappa shape index (κ1) is 39.4. The van der Waals surface area contributed by atoms with Gasteiger partial charge in [-0.05, 0) is 41.8 Å². The van der Waals surface area contributed by atoms with Crippen molar-refractivity contribution in [3.05, 3.63) is 111 Å². The molecule has 0 spiro atoms. The van der Waals surface area contributed by atoms with Crippen molar-refractivity contribution in [2.75, 3.05) is 64.3 Å². The largest absolute Gasteiger partial charge is 0.378 e. The monoisotopic (exact) mass is 766 g/mol. The lowest BCUT2D eigenvalue weighted by atomic mass is 10.0. The van der Waals surface area contributed by atoms with Crippen molar-refractivity contribution < 1.29 is 28.3 Å². The number of pyridine rings is 1. The second kappa shape index (κ2) is 18.3. The molecule has 1 aliphatic heterocycles. The standard InChI is InChI=1S/C39H43FN10O6/c1-3-26-21-44-50(24-26)28-20-34(45-25(2)51)36(43-22-28)38(54)42-11-17-56-16-10-41-23-35(52)48-12-14-49(15-13-48)39(55)31-18-27(8-9-32(31)40)19-33-29-6-4-5-7-30(29)37(53)47-46-33/h4-9,18,20-22,24,41H,3,10-17,19,23H2,1-2H3,(H,42,54)(H,45,51)(H,47,53). The molecular formula is C39H43FN10O6. The van der Waals surface area contributed by atoms with Gasteiger partial charge in [-0.2, -0.15) is 10.2 Å². The highest BCUT2D eigenvalue weighted by Crippen LogP contribution is 2.21. The van der Waals surface area contributed by atoms with Gasteiger partial charge in [0, 0.05) is 64.2 Å². The van der Waals surface area contributed by atoms with E-state index in [2.05, 4.69) is 36.2 Å². The zero-order chi connectivity index (χ0) is 39.6. The Labute approximate surface area is 321 Å². The molecule has 0 radical (unpaired) electrons. The number of hydrogen-bond donors (Lipinski definition) is 4. The van der Waals surface area contributed by atoms with E-state index < -0.39 is 17.6 Å². The van der Waals surface area contributed by atoms with E-state index in [9.17, 15) is 28.4 Å². The van der Waals surface area contributed by atoms with E-state index >= 15 is 0 Å². The van der Waals surface area contributed by atoms with E-state index in [1.165, 1.54) is 30.2 Å². The summed E-state index contributed by atoms with van der Waals surface area (Å²) in [6.45, 7) is 5.65. The van der Waals surface area contributed by atoms with Crippen molar-refractivity contribution in [3.63, 3.8) is 0 Å². The topological polar surface area (TPSA) is 197 Å². The highest BCUT2D eigenvalue weighted by atomic mass is 19.1. The Kier molecular flexibility index (Phi) is 12.9. The second-order valence-corrected chi connectivity index (χ2v) is 13.2. The van der Waals surface area contributed by atoms with Gasteiger partial charge < -0.3 is 30.5 Å². The van der Waals surface area contributed by atoms with Gasteiger partial charge in [-0.1, -0.05) is 31.2 Å². The first-order chi connectivity index (χ1) is 27.1. The van der Waals surface area contributed by atoms with Gasteiger partial charge in [-0.25, -0.2) is 19.2 Å². The lowest BCUT2D eigenvalue weighted by molar-refractivity contribution is -0.131. The number of ether oxygens (including phenoxy) is 1. The van der Waals surface area contributed by atoms with E-state index in [-0.39, 0.29) is 80.1 Å². The van der Waals surface area contributed by atoms with Crippen LogP contribution in [0.1, 0.15) is 51.5 Å². The van der Waals surface area contributed by atoms with Gasteiger partial charge in [0.05, 0.1) is 60.2 Å². The Balaban J connectivity index is 0.893. The van der Waals surface area contributed by atoms with Gasteiger partial charge in [0.1, 0.15) is 5.82 Å². The molecule has 1 aliphatic rings. The lowest BCUT2D eigenvalue weighted by Gasteiger charge is -2.35. The van der Waals surface area contributed by atoms with Crippen LogP contribution in [0.2, 0.25) is 0 Å². The lowest BCUT2D eigenvalue weighted by Crippen LogP contribution is -2.52. The summed E-state index contributed by atoms with van der Waals surface area (Å²) in [5.41, 5.74) is 2.86. The van der Waals surface area contributed by atoms with Crippen LogP contribution in [0.5, 0.6) is 0 Å². The van der Waals surface area contributed by atoms with Crippen LogP contribution in [-0.2, 0) is 27.2 Å². The van der Waals surface area contributed by atoms with Crippen molar-refractivity contribution in [3.8, 4) is 5.69 Å². The fourth-order valence-corrected chi connectivity index (χ4v) is 6.28. The maximum Gasteiger partial charge on any atom is 0.272 e. The van der Waals surface area contributed by atoms with Gasteiger partial charge >= 0.3 is 0 Å². The van der Waals surface area contributed by atoms with Crippen LogP contribution >= 0.6 is 0 Å². The number of nitrogens with one attached hydrogen (secondary N) is 4. The second-order valence-electron chi connectivity index (χ2n) is 13.2. The molecule has 2 aromatic carbocycles. The maximum atomic E-state index is 14.9. The number of rotatable bonds is 15. The fourth-order valence-electron chi connectivity index (χ4n) is 6.28. The molecule has 0 atom stereocenters. The first-order valence-electron chi connectivity index (χ1n) is 18.3. The Morgan fingerprint density at radius 3 is 2.43 bits per heavy atom. The molecule has 292 valence electrons. The third-order valence-electron chi connectivity index (χ3n) is 9.27. The number of hydrogen-bond acceptors (Lipinski definition) is 10. The van der Waals surface area contributed by atoms with Crippen LogP contribution < -0.4 is 21.5 Å². The number of carbonyl (C=O) groups excluding carboxylic acids is 4. The molecular weight excluding hydrogens is 723 g/mol. The van der Waals surface area contributed by atoms with E-state index in [4.69, 9.17) is 4.74 Å². The van der Waals surface area contributed by atoms with Crippen molar-refractivity contribution in [1.82, 2.24) is 45.4 Å². The zero-order valence-electron chi connectivity index (χ0n) is 31.1. The number of halogens is 1. The first-order valence-corrected chi connectivity index (χ1v) is 18.3. The van der Waals surface area contributed by atoms with Gasteiger partial charge in [-0.15, -0.1) is 0 Å². The summed E-state index contributed by atoms with van der Waals surface area (Å²) in [5, 5.41) is 20.6. The van der Waals surface area contributed by atoms with Crippen LogP contribution in [0.4, 0.5) is 10.1 Å². The molecule has 4 heterocycles. The highest BCUT2D eigenvalue weighted by molar-refractivity contribution is 6.02. The van der Waals surface area contributed by atoms with Crippen molar-refractivity contribution in [2.45, 2.75) is 26.7 Å². The Morgan fingerprint density at radius 1 is 0.929 bits per heavy atom. The smallest absolute Gasteiger partial charge is 0.272 e. The number of amides is 4. The number of fused-ring (bicyclic) bond motifs is 1. The summed E-state index contributed by atoms with van der Waals surface area (Å²) in [5.74, 6) is -2.05. The number of H-pyrrole nitrogens is 1. The van der Waals surface area contributed by atoms with E-state index in [0.717, 1.165) is 12.0 Å². The van der Waals surface area contributed by atoms with Gasteiger partial charge in [0.15, 0.2) is 5.69 Å². The molecule has 0 unspecified atom stereocenters. The summed E-state index contributed by atoms with van der Waals surface area (Å²) in [7, 11) is 0. The van der Waals surface area contributed by atoms with Crippen molar-refractivity contribution in [2.24, 2.45) is 0 Å². The number of aromatic amines is 1. The molecule has 4 N–H and O–H groups in total. The summed E-state index contributed by atoms with van der Waals surface area (Å²) >= 11 is 0. The minimum atomic E-state index is -0.638. The number of piperazine rings is 1. The average molecular weight is 767 g/mol. The minimum absolute atomic E-state index is 0.0597. The molecule has 5 aromatic rings. The van der Waals surface area contributed by atoms with Crippen LogP contribution in [0.25, 0.3) is 16.5 Å². The highest BCUT2D eigenvalue weighted by Gasteiger charge is 2.26. The van der Waals surface area contributed by atoms with E-state index in [0.29, 0.717) is 47.4 Å². The van der Waals surface area contributed by atoms with E-state index in [1.54, 1.807) is 46.1 Å². The molecule has 0 bridgehead atoms. The number of aromatic nitrogens is 5. The molecule has 4 amide bonds. The number of anilines is 1. The normalized spacial score (nSPS) is 12.8. The quantitative estimate of drug-likeness (QED) is 0.115. The summed E-state index contributed by atoms with van der Waals surface area (Å²) in [6.07, 6.45) is 6.21. The predicted molar refractivity (Wildman–Crippen MR) is 205 cm³/mol.